The number of esters is 1. The van der Waals surface area contributed by atoms with E-state index < -0.39 is 5.97 Å². The molecule has 0 atom stereocenters. The summed E-state index contributed by atoms with van der Waals surface area (Å²) in [5.41, 5.74) is 1.05. The van der Waals surface area contributed by atoms with E-state index in [1.54, 1.807) is 24.3 Å². The number of methoxy groups -OCH3 is 1. The molecule has 0 bridgehead atoms. The molecule has 0 saturated heterocycles. The van der Waals surface area contributed by atoms with Crippen molar-refractivity contribution in [2.45, 2.75) is 12.8 Å². The summed E-state index contributed by atoms with van der Waals surface area (Å²) in [4.78, 5) is 23.6. The molecule has 1 N–H and O–H groups in total. The zero-order valence-electron chi connectivity index (χ0n) is 11.4. The third-order valence-electron chi connectivity index (χ3n) is 2.81. The minimum Gasteiger partial charge on any atom is -0.465 e. The maximum absolute atomic E-state index is 11.9. The minimum atomic E-state index is -0.401. The van der Waals surface area contributed by atoms with E-state index in [4.69, 9.17) is 11.6 Å². The molecule has 6 heteroatoms. The lowest BCUT2D eigenvalue weighted by Gasteiger charge is -2.03. The number of carbonyl (C=O) groups is 2. The molecular formula is C15H14ClNO3S. The third-order valence-corrected chi connectivity index (χ3v) is 4.04. The van der Waals surface area contributed by atoms with E-state index in [-0.39, 0.29) is 5.91 Å². The molecule has 2 rings (SSSR count). The smallest absolute Gasteiger partial charge is 0.348 e. The highest BCUT2D eigenvalue weighted by atomic mass is 35.5. The molecule has 1 amide bonds. The van der Waals surface area contributed by atoms with Gasteiger partial charge in [-0.3, -0.25) is 4.79 Å². The number of hydrogen-bond acceptors (Lipinski definition) is 4. The number of hydrogen-bond donors (Lipinski definition) is 1. The average Bonchev–Trinajstić information content (AvgIpc) is 2.94. The Kier molecular flexibility index (Phi) is 5.36. The Bertz CT molecular complexity index is 637. The number of aryl methyl sites for hydroxylation is 1. The first kappa shape index (κ1) is 15.5. The Hall–Kier alpha value is -1.85. The predicted molar refractivity (Wildman–Crippen MR) is 84.1 cm³/mol. The van der Waals surface area contributed by atoms with E-state index in [1.165, 1.54) is 18.4 Å². The van der Waals surface area contributed by atoms with Crippen LogP contribution in [0.15, 0.2) is 36.4 Å². The van der Waals surface area contributed by atoms with Gasteiger partial charge in [-0.15, -0.1) is 11.3 Å². The van der Waals surface area contributed by atoms with Crippen LogP contribution in [0.5, 0.6) is 0 Å². The molecule has 0 radical (unpaired) electrons. The van der Waals surface area contributed by atoms with Crippen molar-refractivity contribution in [2.24, 2.45) is 0 Å². The van der Waals surface area contributed by atoms with Crippen LogP contribution in [0.1, 0.15) is 21.7 Å². The monoisotopic (exact) mass is 323 g/mol. The molecule has 0 fully saturated rings. The molecule has 21 heavy (non-hydrogen) atoms. The number of benzene rings is 1. The van der Waals surface area contributed by atoms with Crippen molar-refractivity contribution in [2.75, 3.05) is 12.4 Å². The Morgan fingerprint density at radius 3 is 2.57 bits per heavy atom. The van der Waals surface area contributed by atoms with Crippen LogP contribution in [0.25, 0.3) is 0 Å². The Morgan fingerprint density at radius 2 is 1.90 bits per heavy atom. The van der Waals surface area contributed by atoms with Gasteiger partial charge in [0.15, 0.2) is 0 Å². The van der Waals surface area contributed by atoms with Crippen LogP contribution in [-0.2, 0) is 16.0 Å². The fourth-order valence-corrected chi connectivity index (χ4v) is 2.69. The second-order valence-corrected chi connectivity index (χ2v) is 5.85. The summed E-state index contributed by atoms with van der Waals surface area (Å²) in [5.74, 6) is -0.495. The molecule has 0 spiro atoms. The number of carbonyl (C=O) groups excluding carboxylic acids is 2. The Balaban J connectivity index is 1.85. The Morgan fingerprint density at radius 1 is 1.19 bits per heavy atom. The SMILES string of the molecule is COC(=O)c1ccc(NC(=O)CCc2ccc(Cl)cc2)s1. The van der Waals surface area contributed by atoms with Gasteiger partial charge in [0.2, 0.25) is 5.91 Å². The zero-order valence-corrected chi connectivity index (χ0v) is 13.0. The first-order valence-electron chi connectivity index (χ1n) is 6.31. The van der Waals surface area contributed by atoms with Crippen LogP contribution in [0, 0.1) is 0 Å². The van der Waals surface area contributed by atoms with Crippen molar-refractivity contribution in [1.29, 1.82) is 0 Å². The van der Waals surface area contributed by atoms with Crippen LogP contribution in [-0.4, -0.2) is 19.0 Å². The minimum absolute atomic E-state index is 0.0942. The van der Waals surface area contributed by atoms with Gasteiger partial charge in [0.1, 0.15) is 4.88 Å². The molecular weight excluding hydrogens is 310 g/mol. The number of thiophene rings is 1. The number of halogens is 1. The van der Waals surface area contributed by atoms with E-state index in [1.807, 2.05) is 12.1 Å². The second kappa shape index (κ2) is 7.24. The van der Waals surface area contributed by atoms with Gasteiger partial charge < -0.3 is 10.1 Å². The average molecular weight is 324 g/mol. The number of rotatable bonds is 5. The molecule has 1 heterocycles. The lowest BCUT2D eigenvalue weighted by atomic mass is 10.1. The van der Waals surface area contributed by atoms with Crippen molar-refractivity contribution in [3.8, 4) is 0 Å². The van der Waals surface area contributed by atoms with Crippen molar-refractivity contribution >= 4 is 39.8 Å². The van der Waals surface area contributed by atoms with Gasteiger partial charge in [-0.05, 0) is 36.2 Å². The predicted octanol–water partition coefficient (Wildman–Crippen LogP) is 3.76. The summed E-state index contributed by atoms with van der Waals surface area (Å²) in [7, 11) is 1.33. The maximum atomic E-state index is 11.9. The largest absolute Gasteiger partial charge is 0.465 e. The summed E-state index contributed by atoms with van der Waals surface area (Å²) in [6.07, 6.45) is 1.01. The summed E-state index contributed by atoms with van der Waals surface area (Å²) in [6, 6.07) is 10.7. The van der Waals surface area contributed by atoms with E-state index in [2.05, 4.69) is 10.1 Å². The summed E-state index contributed by atoms with van der Waals surface area (Å²) in [6.45, 7) is 0. The highest BCUT2D eigenvalue weighted by molar-refractivity contribution is 7.18. The fraction of sp³-hybridized carbons (Fsp3) is 0.200. The lowest BCUT2D eigenvalue weighted by Crippen LogP contribution is -2.11. The normalized spacial score (nSPS) is 10.2. The molecule has 4 nitrogen and oxygen atoms in total. The molecule has 110 valence electrons. The van der Waals surface area contributed by atoms with Gasteiger partial charge >= 0.3 is 5.97 Å². The molecule has 2 aromatic rings. The van der Waals surface area contributed by atoms with Crippen molar-refractivity contribution in [3.63, 3.8) is 0 Å². The van der Waals surface area contributed by atoms with E-state index in [0.29, 0.717) is 27.7 Å². The van der Waals surface area contributed by atoms with Crippen LogP contribution in [0.2, 0.25) is 5.02 Å². The van der Waals surface area contributed by atoms with Gasteiger partial charge in [-0.1, -0.05) is 23.7 Å². The zero-order chi connectivity index (χ0) is 15.2. The van der Waals surface area contributed by atoms with Crippen molar-refractivity contribution in [1.82, 2.24) is 0 Å². The highest BCUT2D eigenvalue weighted by Crippen LogP contribution is 2.22. The molecule has 0 aliphatic heterocycles. The van der Waals surface area contributed by atoms with Gasteiger partial charge in [0.25, 0.3) is 0 Å². The van der Waals surface area contributed by atoms with E-state index in [0.717, 1.165) is 5.56 Å². The molecule has 1 aromatic heterocycles. The van der Waals surface area contributed by atoms with Crippen molar-refractivity contribution < 1.29 is 14.3 Å². The number of ether oxygens (including phenoxy) is 1. The Labute approximate surface area is 131 Å². The van der Waals surface area contributed by atoms with Crippen LogP contribution >= 0.6 is 22.9 Å². The number of nitrogens with one attached hydrogen (secondary N) is 1. The van der Waals surface area contributed by atoms with Gasteiger partial charge in [-0.25, -0.2) is 4.79 Å². The third kappa shape index (κ3) is 4.58. The second-order valence-electron chi connectivity index (χ2n) is 4.33. The fourth-order valence-electron chi connectivity index (χ4n) is 1.72. The topological polar surface area (TPSA) is 55.4 Å². The number of amides is 1. The van der Waals surface area contributed by atoms with Crippen molar-refractivity contribution in [3.05, 3.63) is 51.9 Å². The maximum Gasteiger partial charge on any atom is 0.348 e. The highest BCUT2D eigenvalue weighted by Gasteiger charge is 2.10. The van der Waals surface area contributed by atoms with Gasteiger partial charge in [0.05, 0.1) is 12.1 Å². The first-order valence-corrected chi connectivity index (χ1v) is 7.50. The van der Waals surface area contributed by atoms with Gasteiger partial charge in [0, 0.05) is 11.4 Å². The van der Waals surface area contributed by atoms with Crippen LogP contribution < -0.4 is 5.32 Å². The standard InChI is InChI=1S/C15H14ClNO3S/c1-20-15(19)12-7-9-14(21-12)17-13(18)8-4-10-2-5-11(16)6-3-10/h2-3,5-7,9H,4,8H2,1H3,(H,17,18). The summed E-state index contributed by atoms with van der Waals surface area (Å²) < 4.78 is 4.62. The quantitative estimate of drug-likeness (QED) is 0.852. The molecule has 1 aromatic carbocycles. The first-order chi connectivity index (χ1) is 10.1. The number of anilines is 1. The molecule has 0 unspecified atom stereocenters. The van der Waals surface area contributed by atoms with E-state index >= 15 is 0 Å². The van der Waals surface area contributed by atoms with Crippen LogP contribution in [0.3, 0.4) is 0 Å². The van der Waals surface area contributed by atoms with E-state index in [9.17, 15) is 9.59 Å². The lowest BCUT2D eigenvalue weighted by molar-refractivity contribution is -0.116. The van der Waals surface area contributed by atoms with Crippen LogP contribution in [0.4, 0.5) is 5.00 Å². The molecule has 0 aliphatic carbocycles. The van der Waals surface area contributed by atoms with Gasteiger partial charge in [-0.2, -0.15) is 0 Å². The summed E-state index contributed by atoms with van der Waals surface area (Å²) in [5, 5.41) is 4.08. The summed E-state index contributed by atoms with van der Waals surface area (Å²) >= 11 is 7.00. The molecule has 0 saturated carbocycles. The molecule has 0 aliphatic rings.